The van der Waals surface area contributed by atoms with Crippen LogP contribution in [0, 0.1) is 0 Å². The van der Waals surface area contributed by atoms with Gasteiger partial charge in [0.2, 0.25) is 0 Å². The number of ether oxygens (including phenoxy) is 2. The van der Waals surface area contributed by atoms with Crippen molar-refractivity contribution in [2.24, 2.45) is 0 Å². The normalized spacial score (nSPS) is 19.9. The minimum absolute atomic E-state index is 0.0320. The maximum Gasteiger partial charge on any atom is 0.309 e. The third kappa shape index (κ3) is 3.05. The second kappa shape index (κ2) is 5.80. The molecule has 1 unspecified atom stereocenters. The van der Waals surface area contributed by atoms with E-state index in [1.165, 1.54) is 7.11 Å². The van der Waals surface area contributed by atoms with Gasteiger partial charge in [0, 0.05) is 13.1 Å². The summed E-state index contributed by atoms with van der Waals surface area (Å²) in [6.07, 6.45) is 0.330. The summed E-state index contributed by atoms with van der Waals surface area (Å²) in [4.78, 5) is 11.3. The van der Waals surface area contributed by atoms with Gasteiger partial charge in [-0.3, -0.25) is 4.79 Å². The molecule has 1 aromatic rings. The molecule has 1 atom stereocenters. The van der Waals surface area contributed by atoms with E-state index >= 15 is 0 Å². The molecule has 1 heterocycles. The van der Waals surface area contributed by atoms with Gasteiger partial charge in [-0.2, -0.15) is 0 Å². The Morgan fingerprint density at radius 2 is 2.35 bits per heavy atom. The van der Waals surface area contributed by atoms with Crippen LogP contribution in [0.5, 0.6) is 0 Å². The lowest BCUT2D eigenvalue weighted by atomic mass is 9.99. The van der Waals surface area contributed by atoms with Crippen molar-refractivity contribution < 1.29 is 14.3 Å². The molecule has 0 aromatic heterocycles. The van der Waals surface area contributed by atoms with E-state index in [1.807, 2.05) is 24.3 Å². The number of morpholine rings is 1. The van der Waals surface area contributed by atoms with Crippen molar-refractivity contribution in [3.8, 4) is 0 Å². The molecule has 1 saturated heterocycles. The quantitative estimate of drug-likeness (QED) is 0.796. The fourth-order valence-electron chi connectivity index (χ4n) is 2.00. The number of esters is 1. The van der Waals surface area contributed by atoms with Gasteiger partial charge in [-0.1, -0.05) is 24.3 Å². The first kappa shape index (κ1) is 12.1. The van der Waals surface area contributed by atoms with E-state index in [4.69, 9.17) is 9.47 Å². The molecule has 0 aliphatic carbocycles. The lowest BCUT2D eigenvalue weighted by Gasteiger charge is -2.25. The third-order valence-corrected chi connectivity index (χ3v) is 2.89. The summed E-state index contributed by atoms with van der Waals surface area (Å²) in [6.45, 7) is 2.38. The highest BCUT2D eigenvalue weighted by Gasteiger charge is 2.19. The fourth-order valence-corrected chi connectivity index (χ4v) is 2.00. The van der Waals surface area contributed by atoms with Crippen molar-refractivity contribution in [1.29, 1.82) is 0 Å². The summed E-state index contributed by atoms with van der Waals surface area (Å²) in [6, 6.07) is 7.85. The van der Waals surface area contributed by atoms with Crippen molar-refractivity contribution in [1.82, 2.24) is 5.32 Å². The monoisotopic (exact) mass is 235 g/mol. The largest absolute Gasteiger partial charge is 0.469 e. The number of methoxy groups -OCH3 is 1. The maximum absolute atomic E-state index is 11.3. The molecule has 1 aliphatic heterocycles. The predicted molar refractivity (Wildman–Crippen MR) is 63.7 cm³/mol. The number of rotatable bonds is 3. The molecule has 1 fully saturated rings. The highest BCUT2D eigenvalue weighted by molar-refractivity contribution is 5.72. The van der Waals surface area contributed by atoms with Crippen molar-refractivity contribution in [3.63, 3.8) is 0 Å². The fraction of sp³-hybridized carbons (Fsp3) is 0.462. The second-order valence-electron chi connectivity index (χ2n) is 4.02. The maximum atomic E-state index is 11.3. The van der Waals surface area contributed by atoms with Crippen LogP contribution in [0.1, 0.15) is 17.2 Å². The van der Waals surface area contributed by atoms with Crippen molar-refractivity contribution in [3.05, 3.63) is 35.4 Å². The molecular formula is C13H17NO3. The molecule has 0 radical (unpaired) electrons. The molecule has 0 bridgehead atoms. The van der Waals surface area contributed by atoms with Crippen molar-refractivity contribution in [2.45, 2.75) is 12.5 Å². The van der Waals surface area contributed by atoms with Crippen LogP contribution in [0.4, 0.5) is 0 Å². The van der Waals surface area contributed by atoms with Crippen molar-refractivity contribution in [2.75, 3.05) is 26.8 Å². The Morgan fingerprint density at radius 3 is 3.06 bits per heavy atom. The summed E-state index contributed by atoms with van der Waals surface area (Å²) in [5.41, 5.74) is 2.05. The first-order chi connectivity index (χ1) is 8.31. The molecule has 1 aliphatic rings. The molecule has 2 rings (SSSR count). The lowest BCUT2D eigenvalue weighted by molar-refractivity contribution is -0.139. The van der Waals surface area contributed by atoms with Gasteiger partial charge in [0.1, 0.15) is 0 Å². The Balaban J connectivity index is 2.17. The highest BCUT2D eigenvalue weighted by Crippen LogP contribution is 2.23. The average molecular weight is 235 g/mol. The summed E-state index contributed by atoms with van der Waals surface area (Å²) in [5, 5.41) is 3.29. The van der Waals surface area contributed by atoms with E-state index in [9.17, 15) is 4.79 Å². The van der Waals surface area contributed by atoms with Crippen LogP contribution in [-0.2, 0) is 20.7 Å². The highest BCUT2D eigenvalue weighted by atomic mass is 16.5. The minimum Gasteiger partial charge on any atom is -0.469 e. The Labute approximate surface area is 101 Å². The van der Waals surface area contributed by atoms with Crippen LogP contribution in [0.15, 0.2) is 24.3 Å². The van der Waals surface area contributed by atoms with E-state index in [-0.39, 0.29) is 12.1 Å². The zero-order valence-corrected chi connectivity index (χ0v) is 9.94. The number of carbonyl (C=O) groups is 1. The van der Waals surface area contributed by atoms with Crippen LogP contribution in [0.25, 0.3) is 0 Å². The van der Waals surface area contributed by atoms with Crippen LogP contribution < -0.4 is 5.32 Å². The van der Waals surface area contributed by atoms with Gasteiger partial charge >= 0.3 is 5.97 Å². The summed E-state index contributed by atoms with van der Waals surface area (Å²) in [5.74, 6) is -0.221. The SMILES string of the molecule is COC(=O)Cc1ccccc1C1CNCCO1. The van der Waals surface area contributed by atoms with Crippen molar-refractivity contribution >= 4 is 5.97 Å². The molecule has 4 nitrogen and oxygen atoms in total. The Hall–Kier alpha value is -1.39. The van der Waals surface area contributed by atoms with E-state index < -0.39 is 0 Å². The predicted octanol–water partition coefficient (Wildman–Crippen LogP) is 1.06. The van der Waals surface area contributed by atoms with E-state index in [2.05, 4.69) is 5.32 Å². The van der Waals surface area contributed by atoms with Gasteiger partial charge in [0.15, 0.2) is 0 Å². The van der Waals surface area contributed by atoms with Gasteiger partial charge < -0.3 is 14.8 Å². The molecule has 0 amide bonds. The van der Waals surface area contributed by atoms with Gasteiger partial charge in [-0.15, -0.1) is 0 Å². The third-order valence-electron chi connectivity index (χ3n) is 2.89. The summed E-state index contributed by atoms with van der Waals surface area (Å²) in [7, 11) is 1.41. The molecular weight excluding hydrogens is 218 g/mol. The zero-order valence-electron chi connectivity index (χ0n) is 9.94. The second-order valence-corrected chi connectivity index (χ2v) is 4.02. The number of nitrogens with one attached hydrogen (secondary N) is 1. The van der Waals surface area contributed by atoms with Crippen LogP contribution in [0.2, 0.25) is 0 Å². The topological polar surface area (TPSA) is 47.6 Å². The van der Waals surface area contributed by atoms with Gasteiger partial charge in [-0.05, 0) is 11.1 Å². The number of hydrogen-bond donors (Lipinski definition) is 1. The zero-order chi connectivity index (χ0) is 12.1. The standard InChI is InChI=1S/C13H17NO3/c1-16-13(15)8-10-4-2-3-5-11(10)12-9-14-6-7-17-12/h2-5,12,14H,6-9H2,1H3. The molecule has 4 heteroatoms. The van der Waals surface area contributed by atoms with Gasteiger partial charge in [0.05, 0.1) is 26.2 Å². The Bertz CT molecular complexity index is 386. The molecule has 92 valence electrons. The molecule has 1 N–H and O–H groups in total. The average Bonchev–Trinajstić information content (AvgIpc) is 2.40. The molecule has 1 aromatic carbocycles. The smallest absolute Gasteiger partial charge is 0.309 e. The number of carbonyl (C=O) groups excluding carboxylic acids is 1. The molecule has 0 spiro atoms. The van der Waals surface area contributed by atoms with Crippen LogP contribution in [-0.4, -0.2) is 32.8 Å². The Kier molecular flexibility index (Phi) is 4.12. The van der Waals surface area contributed by atoms with E-state index in [0.717, 1.165) is 24.2 Å². The summed E-state index contributed by atoms with van der Waals surface area (Å²) < 4.78 is 10.4. The van der Waals surface area contributed by atoms with Gasteiger partial charge in [-0.25, -0.2) is 0 Å². The number of benzene rings is 1. The van der Waals surface area contributed by atoms with Crippen LogP contribution >= 0.6 is 0 Å². The lowest BCUT2D eigenvalue weighted by Crippen LogP contribution is -2.33. The number of hydrogen-bond acceptors (Lipinski definition) is 4. The first-order valence-electron chi connectivity index (χ1n) is 5.78. The minimum atomic E-state index is -0.221. The van der Waals surface area contributed by atoms with Crippen LogP contribution in [0.3, 0.4) is 0 Å². The van der Waals surface area contributed by atoms with E-state index in [1.54, 1.807) is 0 Å². The first-order valence-corrected chi connectivity index (χ1v) is 5.78. The van der Waals surface area contributed by atoms with Gasteiger partial charge in [0.25, 0.3) is 0 Å². The Morgan fingerprint density at radius 1 is 1.53 bits per heavy atom. The van der Waals surface area contributed by atoms with E-state index in [0.29, 0.717) is 13.0 Å². The molecule has 17 heavy (non-hydrogen) atoms. The summed E-state index contributed by atoms with van der Waals surface area (Å²) >= 11 is 0. The molecule has 0 saturated carbocycles.